The van der Waals surface area contributed by atoms with E-state index >= 15 is 0 Å². The Morgan fingerprint density at radius 1 is 1.38 bits per heavy atom. The van der Waals surface area contributed by atoms with Gasteiger partial charge in [-0.25, -0.2) is 19.2 Å². The molecule has 0 unspecified atom stereocenters. The third-order valence-corrected chi connectivity index (χ3v) is 6.61. The number of hydrogen-bond donors (Lipinski definition) is 2. The van der Waals surface area contributed by atoms with Gasteiger partial charge in [0.05, 0.1) is 12.7 Å². The molecule has 1 fully saturated rings. The van der Waals surface area contributed by atoms with Crippen LogP contribution in [-0.4, -0.2) is 59.0 Å². The maximum absolute atomic E-state index is 13.6. The average molecular weight is 459 g/mol. The van der Waals surface area contributed by atoms with Crippen LogP contribution in [0.3, 0.4) is 0 Å². The highest BCUT2D eigenvalue weighted by molar-refractivity contribution is 7.11. The van der Waals surface area contributed by atoms with Crippen molar-refractivity contribution in [3.8, 4) is 0 Å². The van der Waals surface area contributed by atoms with Gasteiger partial charge >= 0.3 is 11.9 Å². The zero-order chi connectivity index (χ0) is 22.9. The number of aliphatic imine (C=N–C) groups is 1. The fraction of sp³-hybridized carbons (Fsp3) is 0.364. The molecule has 3 heterocycles. The number of methoxy groups -OCH3 is 1. The molecule has 0 radical (unpaired) electrons. The van der Waals surface area contributed by atoms with Gasteiger partial charge in [0.25, 0.3) is 0 Å². The van der Waals surface area contributed by atoms with E-state index in [1.54, 1.807) is 25.3 Å². The number of nitrogens with one attached hydrogen (secondary N) is 1. The second-order valence-electron chi connectivity index (χ2n) is 7.81. The normalized spacial score (nSPS) is 23.6. The number of carboxylic acid groups (broad SMARTS) is 1. The maximum atomic E-state index is 13.6. The van der Waals surface area contributed by atoms with E-state index in [9.17, 15) is 19.1 Å². The lowest BCUT2D eigenvalue weighted by molar-refractivity contribution is -0.142. The van der Waals surface area contributed by atoms with E-state index in [0.29, 0.717) is 35.1 Å². The predicted octanol–water partition coefficient (Wildman–Crippen LogP) is 2.52. The van der Waals surface area contributed by atoms with Gasteiger partial charge in [-0.3, -0.25) is 9.69 Å². The zero-order valence-corrected chi connectivity index (χ0v) is 18.5. The molecule has 2 aromatic rings. The minimum atomic E-state index is -1.19. The summed E-state index contributed by atoms with van der Waals surface area (Å²) in [6.07, 6.45) is 2.94. The Kier molecular flexibility index (Phi) is 6.07. The van der Waals surface area contributed by atoms with Gasteiger partial charge in [-0.15, -0.1) is 11.3 Å². The number of hydrogen-bond acceptors (Lipinski definition) is 8. The number of carbonyl (C=O) groups excluding carboxylic acids is 1. The number of esters is 1. The van der Waals surface area contributed by atoms with Crippen molar-refractivity contribution >= 4 is 29.1 Å². The van der Waals surface area contributed by atoms with Crippen molar-refractivity contribution in [2.75, 3.05) is 20.2 Å². The molecule has 0 saturated carbocycles. The van der Waals surface area contributed by atoms with Gasteiger partial charge in [0.15, 0.2) is 10.8 Å². The summed E-state index contributed by atoms with van der Waals surface area (Å²) in [6, 6.07) is 5.16. The van der Waals surface area contributed by atoms with E-state index in [0.717, 1.165) is 6.42 Å². The molecule has 4 rings (SSSR count). The topological polar surface area (TPSA) is 104 Å². The molecule has 1 aromatic carbocycles. The first-order valence-electron chi connectivity index (χ1n) is 10.1. The summed E-state index contributed by atoms with van der Waals surface area (Å²) in [5.74, 6) is -1.43. The lowest BCUT2D eigenvalue weighted by Crippen LogP contribution is -2.46. The van der Waals surface area contributed by atoms with Gasteiger partial charge in [-0.05, 0) is 44.0 Å². The van der Waals surface area contributed by atoms with E-state index in [1.165, 1.54) is 30.6 Å². The largest absolute Gasteiger partial charge is 0.480 e. The number of halogens is 1. The smallest absolute Gasteiger partial charge is 0.338 e. The van der Waals surface area contributed by atoms with Crippen molar-refractivity contribution in [3.05, 3.63) is 63.5 Å². The number of amidine groups is 1. The standard InChI is InChI=1S/C22H23FN4O4S/c1-22(13-5-7-14(23)8-6-13)17(21(30)31-2)15(12-27-10-3-4-16(27)20(28)29)25-18(26-22)19-24-9-11-32-19/h5-9,11,16H,3-4,10,12H2,1-2H3,(H,25,26)(H,28,29)/t16-,22+/m1/s1. The van der Waals surface area contributed by atoms with Crippen molar-refractivity contribution in [2.24, 2.45) is 4.99 Å². The minimum Gasteiger partial charge on any atom is -0.480 e. The van der Waals surface area contributed by atoms with E-state index in [4.69, 9.17) is 9.73 Å². The molecule has 1 aromatic heterocycles. The van der Waals surface area contributed by atoms with Crippen LogP contribution in [0.25, 0.3) is 0 Å². The van der Waals surface area contributed by atoms with Crippen LogP contribution < -0.4 is 5.32 Å². The Balaban J connectivity index is 1.86. The Hall–Kier alpha value is -3.11. The molecule has 0 aliphatic carbocycles. The third kappa shape index (κ3) is 4.03. The molecule has 0 amide bonds. The average Bonchev–Trinajstić information content (AvgIpc) is 3.46. The van der Waals surface area contributed by atoms with Crippen LogP contribution in [0.2, 0.25) is 0 Å². The molecule has 2 aliphatic rings. The van der Waals surface area contributed by atoms with E-state index in [1.807, 2.05) is 10.3 Å². The summed E-state index contributed by atoms with van der Waals surface area (Å²) < 4.78 is 18.7. The molecule has 2 N–H and O–H groups in total. The molecule has 2 atom stereocenters. The van der Waals surface area contributed by atoms with Crippen LogP contribution in [-0.2, 0) is 19.9 Å². The van der Waals surface area contributed by atoms with E-state index in [2.05, 4.69) is 10.3 Å². The van der Waals surface area contributed by atoms with Crippen molar-refractivity contribution in [1.82, 2.24) is 15.2 Å². The molecule has 168 valence electrons. The van der Waals surface area contributed by atoms with Crippen LogP contribution in [0.4, 0.5) is 4.39 Å². The second-order valence-corrected chi connectivity index (χ2v) is 8.71. The third-order valence-electron chi connectivity index (χ3n) is 5.83. The molecule has 0 spiro atoms. The number of thiazole rings is 1. The summed E-state index contributed by atoms with van der Waals surface area (Å²) in [5, 5.41) is 15.3. The van der Waals surface area contributed by atoms with E-state index in [-0.39, 0.29) is 12.1 Å². The summed E-state index contributed by atoms with van der Waals surface area (Å²) in [7, 11) is 1.29. The highest BCUT2D eigenvalue weighted by Crippen LogP contribution is 2.39. The van der Waals surface area contributed by atoms with Crippen molar-refractivity contribution in [3.63, 3.8) is 0 Å². The van der Waals surface area contributed by atoms with Crippen LogP contribution in [0.1, 0.15) is 30.3 Å². The zero-order valence-electron chi connectivity index (χ0n) is 17.7. The molecular weight excluding hydrogens is 435 g/mol. The molecule has 1 saturated heterocycles. The van der Waals surface area contributed by atoms with Crippen LogP contribution >= 0.6 is 11.3 Å². The van der Waals surface area contributed by atoms with Crippen LogP contribution in [0, 0.1) is 5.82 Å². The first kappa shape index (κ1) is 22.1. The number of carboxylic acids is 1. The SMILES string of the molecule is COC(=O)C1=C(CN2CCC[C@@H]2C(=O)O)NC(c2nccs2)=N[C@@]1(C)c1ccc(F)cc1. The Morgan fingerprint density at radius 3 is 2.75 bits per heavy atom. The molecular formula is C22H23FN4O4S. The number of carbonyl (C=O) groups is 2. The monoisotopic (exact) mass is 458 g/mol. The Bertz CT molecular complexity index is 1080. The predicted molar refractivity (Wildman–Crippen MR) is 117 cm³/mol. The summed E-state index contributed by atoms with van der Waals surface area (Å²) in [6.45, 7) is 2.55. The second kappa shape index (κ2) is 8.79. The van der Waals surface area contributed by atoms with Crippen molar-refractivity contribution in [2.45, 2.75) is 31.3 Å². The number of aliphatic carboxylic acids is 1. The van der Waals surface area contributed by atoms with Gasteiger partial charge in [-0.1, -0.05) is 12.1 Å². The maximum Gasteiger partial charge on any atom is 0.338 e. The highest BCUT2D eigenvalue weighted by atomic mass is 32.1. The number of nitrogens with zero attached hydrogens (tertiary/aromatic N) is 3. The number of rotatable bonds is 6. The fourth-order valence-electron chi connectivity index (χ4n) is 4.27. The molecule has 8 nitrogen and oxygen atoms in total. The van der Waals surface area contributed by atoms with Crippen molar-refractivity contribution < 1.29 is 23.8 Å². The van der Waals surface area contributed by atoms with Gasteiger partial charge in [0, 0.05) is 23.8 Å². The fourth-order valence-corrected chi connectivity index (χ4v) is 4.85. The first-order chi connectivity index (χ1) is 15.3. The van der Waals surface area contributed by atoms with Crippen molar-refractivity contribution in [1.29, 1.82) is 0 Å². The Labute approximate surface area is 188 Å². The van der Waals surface area contributed by atoms with Gasteiger partial charge in [0.2, 0.25) is 0 Å². The minimum absolute atomic E-state index is 0.197. The number of ether oxygens (including phenoxy) is 1. The quantitative estimate of drug-likeness (QED) is 0.641. The first-order valence-corrected chi connectivity index (χ1v) is 11.0. The molecule has 0 bridgehead atoms. The summed E-state index contributed by atoms with van der Waals surface area (Å²) in [4.78, 5) is 35.7. The molecule has 10 heteroatoms. The van der Waals surface area contributed by atoms with Crippen LogP contribution in [0.5, 0.6) is 0 Å². The van der Waals surface area contributed by atoms with Gasteiger partial charge in [0.1, 0.15) is 17.4 Å². The number of likely N-dealkylation sites (tertiary alicyclic amines) is 1. The number of aromatic nitrogens is 1. The Morgan fingerprint density at radius 2 is 2.12 bits per heavy atom. The summed E-state index contributed by atoms with van der Waals surface area (Å²) in [5.41, 5.74) is 0.157. The summed E-state index contributed by atoms with van der Waals surface area (Å²) >= 11 is 1.38. The lowest BCUT2D eigenvalue weighted by atomic mass is 9.82. The van der Waals surface area contributed by atoms with Gasteiger partial charge in [-0.2, -0.15) is 0 Å². The van der Waals surface area contributed by atoms with Gasteiger partial charge < -0.3 is 15.2 Å². The lowest BCUT2D eigenvalue weighted by Gasteiger charge is -2.36. The van der Waals surface area contributed by atoms with E-state index < -0.39 is 29.3 Å². The molecule has 32 heavy (non-hydrogen) atoms. The highest BCUT2D eigenvalue weighted by Gasteiger charge is 2.43. The number of benzene rings is 1. The van der Waals surface area contributed by atoms with Crippen LogP contribution in [0.15, 0.2) is 52.1 Å². The molecule has 2 aliphatic heterocycles.